The fourth-order valence-corrected chi connectivity index (χ4v) is 0.713. The van der Waals surface area contributed by atoms with Crippen molar-refractivity contribution in [2.75, 3.05) is 6.54 Å². The highest BCUT2D eigenvalue weighted by atomic mass is 14.7. The predicted octanol–water partition coefficient (Wildman–Crippen LogP) is 2.16. The molecule has 0 aliphatic rings. The maximum Gasteiger partial charge on any atom is 0.0621 e. The van der Waals surface area contributed by atoms with Crippen LogP contribution >= 0.6 is 0 Å². The summed E-state index contributed by atoms with van der Waals surface area (Å²) >= 11 is 0. The van der Waals surface area contributed by atoms with Gasteiger partial charge in [-0.1, -0.05) is 6.42 Å². The monoisotopic (exact) mass is 138 g/mol. The first kappa shape index (κ1) is 9.16. The van der Waals surface area contributed by atoms with Crippen molar-refractivity contribution in [3.05, 3.63) is 0 Å². The highest BCUT2D eigenvalue weighted by molar-refractivity contribution is 5.53. The molecule has 0 aromatic heterocycles. The molecule has 0 rings (SSSR count). The number of hydrogen-bond acceptors (Lipinski definition) is 2. The molecule has 56 valence electrons. The van der Waals surface area contributed by atoms with Crippen molar-refractivity contribution < 1.29 is 0 Å². The van der Waals surface area contributed by atoms with Crippen LogP contribution in [0.1, 0.15) is 32.6 Å². The SMILES string of the molecule is C/C=N\CCCCCC#N. The van der Waals surface area contributed by atoms with Crippen molar-refractivity contribution in [3.63, 3.8) is 0 Å². The molecule has 0 fully saturated rings. The molecule has 0 radical (unpaired) electrons. The third-order valence-electron chi connectivity index (χ3n) is 1.26. The molecule has 2 heteroatoms. The van der Waals surface area contributed by atoms with E-state index in [1.54, 1.807) is 0 Å². The number of nitrogens with zero attached hydrogens (tertiary/aromatic N) is 2. The average Bonchev–Trinajstić information content (AvgIpc) is 1.97. The third kappa shape index (κ3) is 7.16. The van der Waals surface area contributed by atoms with E-state index in [1.807, 2.05) is 13.1 Å². The van der Waals surface area contributed by atoms with Gasteiger partial charge >= 0.3 is 0 Å². The van der Waals surface area contributed by atoms with Crippen LogP contribution in [0.3, 0.4) is 0 Å². The summed E-state index contributed by atoms with van der Waals surface area (Å²) in [6.45, 7) is 2.84. The van der Waals surface area contributed by atoms with Crippen molar-refractivity contribution in [2.24, 2.45) is 4.99 Å². The zero-order valence-corrected chi connectivity index (χ0v) is 6.51. The lowest BCUT2D eigenvalue weighted by atomic mass is 10.2. The van der Waals surface area contributed by atoms with Crippen LogP contribution in [-0.4, -0.2) is 12.8 Å². The van der Waals surface area contributed by atoms with Gasteiger partial charge in [-0.2, -0.15) is 5.26 Å². The molecule has 2 nitrogen and oxygen atoms in total. The molecule has 10 heavy (non-hydrogen) atoms. The largest absolute Gasteiger partial charge is 0.298 e. The minimum Gasteiger partial charge on any atom is -0.298 e. The summed E-state index contributed by atoms with van der Waals surface area (Å²) in [4.78, 5) is 4.06. The maximum absolute atomic E-state index is 8.19. The molecule has 0 aromatic rings. The molecule has 0 bridgehead atoms. The molecule has 0 aliphatic heterocycles. The fourth-order valence-electron chi connectivity index (χ4n) is 0.713. The Morgan fingerprint density at radius 3 is 2.80 bits per heavy atom. The number of rotatable bonds is 5. The van der Waals surface area contributed by atoms with E-state index in [2.05, 4.69) is 11.1 Å². The van der Waals surface area contributed by atoms with Crippen LogP contribution in [0.4, 0.5) is 0 Å². The van der Waals surface area contributed by atoms with Gasteiger partial charge in [-0.25, -0.2) is 0 Å². The fraction of sp³-hybridized carbons (Fsp3) is 0.750. The Bertz CT molecular complexity index is 122. The highest BCUT2D eigenvalue weighted by Gasteiger charge is 1.85. The van der Waals surface area contributed by atoms with Gasteiger partial charge in [0.25, 0.3) is 0 Å². The summed E-state index contributed by atoms with van der Waals surface area (Å²) in [7, 11) is 0. The Morgan fingerprint density at radius 1 is 1.40 bits per heavy atom. The van der Waals surface area contributed by atoms with E-state index in [9.17, 15) is 0 Å². The molecule has 0 saturated carbocycles. The second kappa shape index (κ2) is 8.16. The molecule has 0 aromatic carbocycles. The van der Waals surface area contributed by atoms with Crippen LogP contribution < -0.4 is 0 Å². The molecule has 0 aliphatic carbocycles. The molecule has 0 N–H and O–H groups in total. The molecular formula is C8H14N2. The van der Waals surface area contributed by atoms with Gasteiger partial charge in [0.15, 0.2) is 0 Å². The lowest BCUT2D eigenvalue weighted by Crippen LogP contribution is -1.81. The maximum atomic E-state index is 8.19. The number of hydrogen-bond donors (Lipinski definition) is 0. The van der Waals surface area contributed by atoms with Gasteiger partial charge in [-0.05, 0) is 26.0 Å². The lowest BCUT2D eigenvalue weighted by Gasteiger charge is -1.91. The van der Waals surface area contributed by atoms with Gasteiger partial charge in [-0.15, -0.1) is 0 Å². The van der Waals surface area contributed by atoms with Crippen LogP contribution in [0, 0.1) is 11.3 Å². The minimum atomic E-state index is 0.690. The lowest BCUT2D eigenvalue weighted by molar-refractivity contribution is 0.700. The number of aliphatic imine (C=N–C) groups is 1. The van der Waals surface area contributed by atoms with Gasteiger partial charge in [0, 0.05) is 13.0 Å². The first-order valence-electron chi connectivity index (χ1n) is 3.73. The van der Waals surface area contributed by atoms with Gasteiger partial charge in [0.1, 0.15) is 0 Å². The minimum absolute atomic E-state index is 0.690. The van der Waals surface area contributed by atoms with Gasteiger partial charge in [0.2, 0.25) is 0 Å². The summed E-state index contributed by atoms with van der Waals surface area (Å²) in [5, 5.41) is 8.19. The van der Waals surface area contributed by atoms with Gasteiger partial charge < -0.3 is 0 Å². The second-order valence-electron chi connectivity index (χ2n) is 2.13. The molecular weight excluding hydrogens is 124 g/mol. The predicted molar refractivity (Wildman–Crippen MR) is 43.1 cm³/mol. The molecule has 0 spiro atoms. The number of unbranched alkanes of at least 4 members (excludes halogenated alkanes) is 3. The third-order valence-corrected chi connectivity index (χ3v) is 1.26. The van der Waals surface area contributed by atoms with E-state index < -0.39 is 0 Å². The summed E-state index contributed by atoms with van der Waals surface area (Å²) < 4.78 is 0. The molecule has 0 saturated heterocycles. The molecule has 0 amide bonds. The standard InChI is InChI=1S/C8H14N2/c1-2-10-8-6-4-3-5-7-9/h2H,3-6,8H2,1H3/b10-2-. The van der Waals surface area contributed by atoms with Crippen molar-refractivity contribution in [3.8, 4) is 6.07 Å². The molecule has 0 atom stereocenters. The van der Waals surface area contributed by atoms with E-state index in [0.29, 0.717) is 6.42 Å². The summed E-state index contributed by atoms with van der Waals surface area (Å²) in [5.41, 5.74) is 0. The number of nitriles is 1. The van der Waals surface area contributed by atoms with Crippen LogP contribution in [0.15, 0.2) is 4.99 Å². The Morgan fingerprint density at radius 2 is 2.20 bits per heavy atom. The van der Waals surface area contributed by atoms with E-state index in [-0.39, 0.29) is 0 Å². The zero-order valence-electron chi connectivity index (χ0n) is 6.51. The summed E-state index contributed by atoms with van der Waals surface area (Å²) in [5.74, 6) is 0. The van der Waals surface area contributed by atoms with Crippen LogP contribution in [0.5, 0.6) is 0 Å². The van der Waals surface area contributed by atoms with E-state index >= 15 is 0 Å². The van der Waals surface area contributed by atoms with Crippen LogP contribution in [0.2, 0.25) is 0 Å². The van der Waals surface area contributed by atoms with Crippen molar-refractivity contribution in [1.82, 2.24) is 0 Å². The topological polar surface area (TPSA) is 36.1 Å². The first-order valence-corrected chi connectivity index (χ1v) is 3.73. The van der Waals surface area contributed by atoms with E-state index in [4.69, 9.17) is 5.26 Å². The smallest absolute Gasteiger partial charge is 0.0621 e. The quantitative estimate of drug-likeness (QED) is 0.423. The van der Waals surface area contributed by atoms with E-state index in [1.165, 1.54) is 0 Å². The zero-order chi connectivity index (χ0) is 7.66. The van der Waals surface area contributed by atoms with E-state index in [0.717, 1.165) is 25.8 Å². The van der Waals surface area contributed by atoms with Crippen LogP contribution in [0.25, 0.3) is 0 Å². The van der Waals surface area contributed by atoms with Crippen molar-refractivity contribution in [1.29, 1.82) is 5.26 Å². The summed E-state index contributed by atoms with van der Waals surface area (Å²) in [6.07, 6.45) is 5.78. The molecule has 0 heterocycles. The van der Waals surface area contributed by atoms with Crippen LogP contribution in [-0.2, 0) is 0 Å². The van der Waals surface area contributed by atoms with Crippen molar-refractivity contribution in [2.45, 2.75) is 32.6 Å². The van der Waals surface area contributed by atoms with Gasteiger partial charge in [0.05, 0.1) is 6.07 Å². The average molecular weight is 138 g/mol. The Labute approximate surface area is 62.6 Å². The normalized spacial score (nSPS) is 10.0. The Hall–Kier alpha value is -0.840. The first-order chi connectivity index (χ1) is 4.91. The van der Waals surface area contributed by atoms with Gasteiger partial charge in [-0.3, -0.25) is 4.99 Å². The molecule has 0 unspecified atom stereocenters. The Kier molecular flexibility index (Phi) is 7.47. The highest BCUT2D eigenvalue weighted by Crippen LogP contribution is 1.97. The summed E-state index contributed by atoms with van der Waals surface area (Å²) in [6, 6.07) is 2.12. The second-order valence-corrected chi connectivity index (χ2v) is 2.13. The van der Waals surface area contributed by atoms with Crippen molar-refractivity contribution >= 4 is 6.21 Å². The Balaban J connectivity index is 2.85.